The number of allylic oxidation sites excluding steroid dienone is 1. The summed E-state index contributed by atoms with van der Waals surface area (Å²) in [6, 6.07) is 7.55. The zero-order valence-electron chi connectivity index (χ0n) is 18.1. The van der Waals surface area contributed by atoms with Crippen molar-refractivity contribution < 1.29 is 15.0 Å². The van der Waals surface area contributed by atoms with Gasteiger partial charge in [0, 0.05) is 24.7 Å². The Morgan fingerprint density at radius 2 is 2.10 bits per heavy atom. The third-order valence-electron chi connectivity index (χ3n) is 5.76. The van der Waals surface area contributed by atoms with Gasteiger partial charge in [-0.05, 0) is 62.0 Å². The van der Waals surface area contributed by atoms with Gasteiger partial charge in [-0.25, -0.2) is 0 Å². The molecule has 1 aromatic carbocycles. The molecule has 0 radical (unpaired) electrons. The smallest absolute Gasteiger partial charge is 0.224 e. The highest BCUT2D eigenvalue weighted by Crippen LogP contribution is 2.36. The summed E-state index contributed by atoms with van der Waals surface area (Å²) in [6.45, 7) is 0. The number of aliphatic hydroxyl groups is 2. The predicted octanol–water partition coefficient (Wildman–Crippen LogP) is 4.66. The second-order valence-electron chi connectivity index (χ2n) is 8.60. The molecule has 1 unspecified atom stereocenters. The first-order valence-corrected chi connectivity index (χ1v) is 10.7. The lowest BCUT2D eigenvalue weighted by Crippen LogP contribution is -2.40. The highest BCUT2D eigenvalue weighted by atomic mass is 16.3. The maximum atomic E-state index is 12.0. The molecule has 3 atom stereocenters. The van der Waals surface area contributed by atoms with E-state index in [-0.39, 0.29) is 18.2 Å². The van der Waals surface area contributed by atoms with Crippen LogP contribution in [0.3, 0.4) is 0 Å². The fourth-order valence-electron chi connectivity index (χ4n) is 4.00. The van der Waals surface area contributed by atoms with Crippen molar-refractivity contribution in [2.75, 3.05) is 14.1 Å². The molecule has 1 aliphatic carbocycles. The van der Waals surface area contributed by atoms with Gasteiger partial charge >= 0.3 is 0 Å². The van der Waals surface area contributed by atoms with Gasteiger partial charge < -0.3 is 15.1 Å². The number of nitrogens with zero attached hydrogens (tertiary/aromatic N) is 4. The summed E-state index contributed by atoms with van der Waals surface area (Å²) in [5.41, 5.74) is 9.29. The molecule has 2 N–H and O–H groups in total. The molecule has 0 aliphatic heterocycles. The van der Waals surface area contributed by atoms with Crippen LogP contribution in [0.15, 0.2) is 41.5 Å². The van der Waals surface area contributed by atoms with Crippen LogP contribution in [-0.4, -0.2) is 46.8 Å². The number of carbonyl (C=O) groups excluding carboxylic acids is 1. The number of benzene rings is 1. The standard InChI is InChI=1S/C23H34N4O3/c1-27(2)22(29)17-23(30)15-5-7-19(16-23)11-14-21(28)8-4-3-6-18-9-12-20(13-10-18)25-26-24/h9-14,19,21,28,30H,3-8,15-17H2,1-2H3/b14-11+/t19-,21?,23+/m1/s1. The number of amides is 1. The molecule has 2 rings (SSSR count). The zero-order chi connectivity index (χ0) is 22.0. The molecule has 1 saturated carbocycles. The summed E-state index contributed by atoms with van der Waals surface area (Å²) in [6.07, 6.45) is 10.1. The Hall–Kier alpha value is -2.34. The molecule has 164 valence electrons. The highest BCUT2D eigenvalue weighted by Gasteiger charge is 2.35. The molecular formula is C23H34N4O3. The second kappa shape index (κ2) is 11.7. The van der Waals surface area contributed by atoms with Gasteiger partial charge in [-0.3, -0.25) is 4.79 Å². The van der Waals surface area contributed by atoms with E-state index in [1.165, 1.54) is 10.5 Å². The van der Waals surface area contributed by atoms with Gasteiger partial charge in [-0.1, -0.05) is 48.0 Å². The van der Waals surface area contributed by atoms with Crippen molar-refractivity contribution in [3.63, 3.8) is 0 Å². The molecular weight excluding hydrogens is 380 g/mol. The van der Waals surface area contributed by atoms with E-state index in [0.717, 1.165) is 32.1 Å². The van der Waals surface area contributed by atoms with E-state index in [4.69, 9.17) is 5.53 Å². The third kappa shape index (κ3) is 8.19. The van der Waals surface area contributed by atoms with E-state index in [1.807, 2.05) is 36.4 Å². The van der Waals surface area contributed by atoms with Crippen LogP contribution in [0.25, 0.3) is 10.4 Å². The minimum absolute atomic E-state index is 0.0467. The molecule has 0 saturated heterocycles. The molecule has 7 heteroatoms. The molecule has 0 heterocycles. The normalized spacial score (nSPS) is 22.5. The number of carbonyl (C=O) groups is 1. The van der Waals surface area contributed by atoms with Crippen molar-refractivity contribution in [1.82, 2.24) is 4.90 Å². The molecule has 1 fully saturated rings. The number of hydrogen-bond acceptors (Lipinski definition) is 4. The summed E-state index contributed by atoms with van der Waals surface area (Å²) in [5.74, 6) is 0.151. The summed E-state index contributed by atoms with van der Waals surface area (Å²) >= 11 is 0. The van der Waals surface area contributed by atoms with Gasteiger partial charge in [0.1, 0.15) is 0 Å². The van der Waals surface area contributed by atoms with E-state index in [1.54, 1.807) is 14.1 Å². The van der Waals surface area contributed by atoms with E-state index < -0.39 is 11.7 Å². The molecule has 1 aliphatic rings. The van der Waals surface area contributed by atoms with Crippen LogP contribution in [0.4, 0.5) is 5.69 Å². The lowest BCUT2D eigenvalue weighted by atomic mass is 9.76. The van der Waals surface area contributed by atoms with Crippen LogP contribution < -0.4 is 0 Å². The van der Waals surface area contributed by atoms with Crippen LogP contribution in [0.1, 0.15) is 56.9 Å². The third-order valence-corrected chi connectivity index (χ3v) is 5.76. The number of aliphatic hydroxyl groups excluding tert-OH is 1. The van der Waals surface area contributed by atoms with Gasteiger partial charge in [-0.2, -0.15) is 0 Å². The molecule has 30 heavy (non-hydrogen) atoms. The molecule has 7 nitrogen and oxygen atoms in total. The van der Waals surface area contributed by atoms with Crippen molar-refractivity contribution in [2.45, 2.75) is 69.5 Å². The van der Waals surface area contributed by atoms with E-state index >= 15 is 0 Å². The number of azide groups is 1. The van der Waals surface area contributed by atoms with Crippen LogP contribution in [0.5, 0.6) is 0 Å². The number of rotatable bonds is 10. The number of unbranched alkanes of at least 4 members (excludes halogenated alkanes) is 1. The van der Waals surface area contributed by atoms with Crippen molar-refractivity contribution in [3.8, 4) is 0 Å². The van der Waals surface area contributed by atoms with Crippen molar-refractivity contribution in [3.05, 3.63) is 52.4 Å². The monoisotopic (exact) mass is 414 g/mol. The van der Waals surface area contributed by atoms with Crippen LogP contribution in [0, 0.1) is 5.92 Å². The van der Waals surface area contributed by atoms with Gasteiger partial charge in [0.25, 0.3) is 0 Å². The Labute approximate surface area is 179 Å². The fraction of sp³-hybridized carbons (Fsp3) is 0.609. The topological polar surface area (TPSA) is 110 Å². The SMILES string of the molecule is CN(C)C(=O)C[C@]1(O)CCC[C@H](/C=C/C(O)CCCCc2ccc(N=[N+]=[N-])cc2)C1. The van der Waals surface area contributed by atoms with E-state index in [0.29, 0.717) is 24.9 Å². The number of hydrogen-bond donors (Lipinski definition) is 2. The predicted molar refractivity (Wildman–Crippen MR) is 118 cm³/mol. The Kier molecular flexibility index (Phi) is 9.37. The average molecular weight is 415 g/mol. The highest BCUT2D eigenvalue weighted by molar-refractivity contribution is 5.76. The summed E-state index contributed by atoms with van der Waals surface area (Å²) in [5, 5.41) is 24.6. The Morgan fingerprint density at radius 3 is 2.77 bits per heavy atom. The van der Waals surface area contributed by atoms with Crippen LogP contribution >= 0.6 is 0 Å². The number of aryl methyl sites for hydroxylation is 1. The van der Waals surface area contributed by atoms with Crippen molar-refractivity contribution in [1.29, 1.82) is 0 Å². The molecule has 1 aromatic rings. The molecule has 0 aromatic heterocycles. The lowest BCUT2D eigenvalue weighted by Gasteiger charge is -2.36. The molecule has 0 spiro atoms. The van der Waals surface area contributed by atoms with Crippen molar-refractivity contribution >= 4 is 11.6 Å². The van der Waals surface area contributed by atoms with Crippen LogP contribution in [-0.2, 0) is 11.2 Å². The second-order valence-corrected chi connectivity index (χ2v) is 8.60. The van der Waals surface area contributed by atoms with E-state index in [9.17, 15) is 15.0 Å². The Morgan fingerprint density at radius 1 is 1.37 bits per heavy atom. The van der Waals surface area contributed by atoms with Gasteiger partial charge in [-0.15, -0.1) is 0 Å². The Balaban J connectivity index is 1.71. The first-order valence-electron chi connectivity index (χ1n) is 10.7. The molecule has 0 bridgehead atoms. The van der Waals surface area contributed by atoms with Gasteiger partial charge in [0.05, 0.1) is 18.1 Å². The van der Waals surface area contributed by atoms with Gasteiger partial charge in [0.2, 0.25) is 5.91 Å². The largest absolute Gasteiger partial charge is 0.389 e. The average Bonchev–Trinajstić information content (AvgIpc) is 2.71. The molecule has 1 amide bonds. The van der Waals surface area contributed by atoms with Crippen LogP contribution in [0.2, 0.25) is 0 Å². The van der Waals surface area contributed by atoms with E-state index in [2.05, 4.69) is 10.0 Å². The zero-order valence-corrected chi connectivity index (χ0v) is 18.1. The summed E-state index contributed by atoms with van der Waals surface area (Å²) < 4.78 is 0. The first kappa shape index (κ1) is 23.9. The summed E-state index contributed by atoms with van der Waals surface area (Å²) in [7, 11) is 3.42. The maximum Gasteiger partial charge on any atom is 0.224 e. The summed E-state index contributed by atoms with van der Waals surface area (Å²) in [4.78, 5) is 16.3. The fourth-order valence-corrected chi connectivity index (χ4v) is 4.00. The quantitative estimate of drug-likeness (QED) is 0.191. The minimum Gasteiger partial charge on any atom is -0.389 e. The minimum atomic E-state index is -0.937. The maximum absolute atomic E-state index is 12.0. The van der Waals surface area contributed by atoms with Crippen molar-refractivity contribution in [2.24, 2.45) is 11.0 Å². The Bertz CT molecular complexity index is 756. The lowest BCUT2D eigenvalue weighted by molar-refractivity contribution is -0.135. The first-order chi connectivity index (χ1) is 14.3. The van der Waals surface area contributed by atoms with Gasteiger partial charge in [0.15, 0.2) is 0 Å².